The minimum atomic E-state index is 0.126. The van der Waals surface area contributed by atoms with E-state index in [0.717, 1.165) is 26.0 Å². The topological polar surface area (TPSA) is 29.5 Å². The number of ether oxygens (including phenoxy) is 1. The molecule has 12 heavy (non-hydrogen) atoms. The Morgan fingerprint density at radius 1 is 1.67 bits per heavy atom. The van der Waals surface area contributed by atoms with Gasteiger partial charge in [0.05, 0.1) is 12.5 Å². The van der Waals surface area contributed by atoms with Gasteiger partial charge in [-0.25, -0.2) is 0 Å². The van der Waals surface area contributed by atoms with Gasteiger partial charge >= 0.3 is 0 Å². The van der Waals surface area contributed by atoms with Crippen LogP contribution in [0.25, 0.3) is 0 Å². The van der Waals surface area contributed by atoms with Gasteiger partial charge in [0.1, 0.15) is 0 Å². The summed E-state index contributed by atoms with van der Waals surface area (Å²) >= 11 is 0. The van der Waals surface area contributed by atoms with Gasteiger partial charge in [-0.1, -0.05) is 6.92 Å². The van der Waals surface area contributed by atoms with Crippen LogP contribution in [0.1, 0.15) is 19.8 Å². The van der Waals surface area contributed by atoms with E-state index in [0.29, 0.717) is 6.61 Å². The average Bonchev–Trinajstić information content (AvgIpc) is 2.55. The van der Waals surface area contributed by atoms with E-state index in [4.69, 9.17) is 4.74 Å². The lowest BCUT2D eigenvalue weighted by Gasteiger charge is -2.19. The van der Waals surface area contributed by atoms with Crippen molar-refractivity contribution in [3.8, 4) is 0 Å². The van der Waals surface area contributed by atoms with E-state index in [9.17, 15) is 4.79 Å². The van der Waals surface area contributed by atoms with Crippen LogP contribution in [0.5, 0.6) is 0 Å². The molecule has 0 radical (unpaired) electrons. The highest BCUT2D eigenvalue weighted by Gasteiger charge is 2.25. The maximum absolute atomic E-state index is 11.6. The third kappa shape index (κ3) is 2.21. The quantitative estimate of drug-likeness (QED) is 0.631. The zero-order chi connectivity index (χ0) is 8.97. The molecule has 1 amide bonds. The van der Waals surface area contributed by atoms with Gasteiger partial charge in [-0.3, -0.25) is 4.79 Å². The molecular formula is C9H17NO2. The molecule has 0 saturated carbocycles. The van der Waals surface area contributed by atoms with Crippen molar-refractivity contribution in [3.63, 3.8) is 0 Å². The van der Waals surface area contributed by atoms with Crippen LogP contribution in [0.15, 0.2) is 0 Å². The third-order valence-corrected chi connectivity index (χ3v) is 2.21. The van der Waals surface area contributed by atoms with Crippen molar-refractivity contribution in [2.24, 2.45) is 5.92 Å². The van der Waals surface area contributed by atoms with Gasteiger partial charge in [-0.05, 0) is 12.8 Å². The number of carbonyl (C=O) groups is 1. The van der Waals surface area contributed by atoms with E-state index in [1.165, 1.54) is 0 Å². The summed E-state index contributed by atoms with van der Waals surface area (Å²) < 4.78 is 5.16. The molecule has 1 fully saturated rings. The standard InChI is InChI=1S/C9H17NO2/c1-3-5-10(2)9(11)8-4-6-12-7-8/h8H,3-7H2,1-2H3. The van der Waals surface area contributed by atoms with Crippen LogP contribution < -0.4 is 0 Å². The lowest BCUT2D eigenvalue weighted by atomic mass is 10.1. The molecule has 1 saturated heterocycles. The molecule has 1 aliphatic rings. The largest absolute Gasteiger partial charge is 0.381 e. The first kappa shape index (κ1) is 9.52. The molecule has 0 N–H and O–H groups in total. The number of carbonyl (C=O) groups excluding carboxylic acids is 1. The molecule has 3 heteroatoms. The van der Waals surface area contributed by atoms with Gasteiger partial charge in [0.15, 0.2) is 0 Å². The maximum Gasteiger partial charge on any atom is 0.227 e. The normalized spacial score (nSPS) is 22.7. The highest BCUT2D eigenvalue weighted by Crippen LogP contribution is 2.14. The van der Waals surface area contributed by atoms with Crippen LogP contribution in [0.2, 0.25) is 0 Å². The second kappa shape index (κ2) is 4.45. The molecule has 1 rings (SSSR count). The van der Waals surface area contributed by atoms with Crippen molar-refractivity contribution in [1.82, 2.24) is 4.90 Å². The van der Waals surface area contributed by atoms with Crippen molar-refractivity contribution in [2.45, 2.75) is 19.8 Å². The van der Waals surface area contributed by atoms with Gasteiger partial charge in [-0.2, -0.15) is 0 Å². The number of nitrogens with zero attached hydrogens (tertiary/aromatic N) is 1. The van der Waals surface area contributed by atoms with E-state index in [1.54, 1.807) is 4.90 Å². The van der Waals surface area contributed by atoms with Gasteiger partial charge in [-0.15, -0.1) is 0 Å². The number of hydrogen-bond donors (Lipinski definition) is 0. The molecule has 0 aromatic rings. The Balaban J connectivity index is 2.34. The van der Waals surface area contributed by atoms with Crippen LogP contribution in [0, 0.1) is 5.92 Å². The van der Waals surface area contributed by atoms with Crippen molar-refractivity contribution >= 4 is 5.91 Å². The van der Waals surface area contributed by atoms with Crippen molar-refractivity contribution in [3.05, 3.63) is 0 Å². The highest BCUT2D eigenvalue weighted by atomic mass is 16.5. The Kier molecular flexibility index (Phi) is 3.53. The second-order valence-electron chi connectivity index (χ2n) is 3.32. The minimum absolute atomic E-state index is 0.126. The third-order valence-electron chi connectivity index (χ3n) is 2.21. The summed E-state index contributed by atoms with van der Waals surface area (Å²) in [6.45, 7) is 4.30. The summed E-state index contributed by atoms with van der Waals surface area (Å²) in [5.74, 6) is 0.371. The summed E-state index contributed by atoms with van der Waals surface area (Å²) in [5, 5.41) is 0. The Bertz CT molecular complexity index is 153. The first-order valence-electron chi connectivity index (χ1n) is 4.58. The van der Waals surface area contributed by atoms with Crippen LogP contribution in [0.3, 0.4) is 0 Å². The lowest BCUT2D eigenvalue weighted by molar-refractivity contribution is -0.134. The molecule has 1 atom stereocenters. The number of amides is 1. The van der Waals surface area contributed by atoms with Crippen molar-refractivity contribution in [1.29, 1.82) is 0 Å². The predicted molar refractivity (Wildman–Crippen MR) is 46.9 cm³/mol. The molecule has 1 heterocycles. The van der Waals surface area contributed by atoms with E-state index in [1.807, 2.05) is 7.05 Å². The summed E-state index contributed by atoms with van der Waals surface area (Å²) in [6, 6.07) is 0. The van der Waals surface area contributed by atoms with Crippen LogP contribution >= 0.6 is 0 Å². The zero-order valence-electron chi connectivity index (χ0n) is 7.88. The predicted octanol–water partition coefficient (Wildman–Crippen LogP) is 0.891. The summed E-state index contributed by atoms with van der Waals surface area (Å²) in [4.78, 5) is 13.4. The Hall–Kier alpha value is -0.570. The maximum atomic E-state index is 11.6. The monoisotopic (exact) mass is 171 g/mol. The molecule has 0 aromatic carbocycles. The fourth-order valence-corrected chi connectivity index (χ4v) is 1.49. The molecule has 0 spiro atoms. The van der Waals surface area contributed by atoms with Crippen LogP contribution in [-0.4, -0.2) is 37.6 Å². The van der Waals surface area contributed by atoms with E-state index < -0.39 is 0 Å². The molecule has 1 unspecified atom stereocenters. The molecule has 3 nitrogen and oxygen atoms in total. The Morgan fingerprint density at radius 2 is 2.42 bits per heavy atom. The Labute approximate surface area is 73.7 Å². The Morgan fingerprint density at radius 3 is 2.92 bits per heavy atom. The van der Waals surface area contributed by atoms with E-state index >= 15 is 0 Å². The van der Waals surface area contributed by atoms with Crippen LogP contribution in [-0.2, 0) is 9.53 Å². The molecule has 1 aliphatic heterocycles. The zero-order valence-corrected chi connectivity index (χ0v) is 7.88. The van der Waals surface area contributed by atoms with Crippen LogP contribution in [0.4, 0.5) is 0 Å². The summed E-state index contributed by atoms with van der Waals surface area (Å²) in [7, 11) is 1.87. The van der Waals surface area contributed by atoms with E-state index in [-0.39, 0.29) is 11.8 Å². The van der Waals surface area contributed by atoms with Crippen molar-refractivity contribution < 1.29 is 9.53 Å². The van der Waals surface area contributed by atoms with Gasteiger partial charge in [0.2, 0.25) is 5.91 Å². The molecule has 70 valence electrons. The summed E-state index contributed by atoms with van der Waals surface area (Å²) in [6.07, 6.45) is 1.92. The second-order valence-corrected chi connectivity index (χ2v) is 3.32. The SMILES string of the molecule is CCCN(C)C(=O)C1CCOC1. The van der Waals surface area contributed by atoms with E-state index in [2.05, 4.69) is 6.92 Å². The molecule has 0 bridgehead atoms. The lowest BCUT2D eigenvalue weighted by Crippen LogP contribution is -2.33. The summed E-state index contributed by atoms with van der Waals surface area (Å²) in [5.41, 5.74) is 0. The number of hydrogen-bond acceptors (Lipinski definition) is 2. The molecule has 0 aliphatic carbocycles. The molecule has 0 aromatic heterocycles. The van der Waals surface area contributed by atoms with Gasteiger partial charge < -0.3 is 9.64 Å². The fourth-order valence-electron chi connectivity index (χ4n) is 1.49. The average molecular weight is 171 g/mol. The van der Waals surface area contributed by atoms with Gasteiger partial charge in [0, 0.05) is 20.2 Å². The fraction of sp³-hybridized carbons (Fsp3) is 0.889. The first-order valence-corrected chi connectivity index (χ1v) is 4.58. The highest BCUT2D eigenvalue weighted by molar-refractivity contribution is 5.78. The minimum Gasteiger partial charge on any atom is -0.381 e. The molecular weight excluding hydrogens is 154 g/mol. The smallest absolute Gasteiger partial charge is 0.227 e. The number of rotatable bonds is 3. The van der Waals surface area contributed by atoms with Crippen molar-refractivity contribution in [2.75, 3.05) is 26.8 Å². The van der Waals surface area contributed by atoms with Gasteiger partial charge in [0.25, 0.3) is 0 Å². The first-order chi connectivity index (χ1) is 5.75.